The number of fused-ring (bicyclic) bond motifs is 2. The number of carbonyl (C=O) groups is 1. The largest absolute Gasteiger partial charge is 0.348 e. The number of imidazole rings is 1. The summed E-state index contributed by atoms with van der Waals surface area (Å²) in [5.74, 6) is -1.31. The van der Waals surface area contributed by atoms with Gasteiger partial charge in [-0.25, -0.2) is 27.9 Å². The van der Waals surface area contributed by atoms with E-state index in [4.69, 9.17) is 5.10 Å². The molecule has 1 aliphatic heterocycles. The number of carbonyl (C=O) groups excluding carboxylic acids is 1. The summed E-state index contributed by atoms with van der Waals surface area (Å²) in [6.07, 6.45) is -0.706. The van der Waals surface area contributed by atoms with E-state index >= 15 is 0 Å². The average Bonchev–Trinajstić information content (AvgIpc) is 3.44. The first-order valence-electron chi connectivity index (χ1n) is 9.41. The number of nitrogens with zero attached hydrogens (tertiary/aromatic N) is 7. The second-order valence-corrected chi connectivity index (χ2v) is 7.21. The van der Waals surface area contributed by atoms with E-state index in [9.17, 15) is 13.6 Å². The van der Waals surface area contributed by atoms with Crippen molar-refractivity contribution >= 4 is 11.4 Å². The summed E-state index contributed by atoms with van der Waals surface area (Å²) in [6.45, 7) is 2.31. The molecule has 4 aromatic heterocycles. The predicted octanol–water partition coefficient (Wildman–Crippen LogP) is 2.22. The lowest BCUT2D eigenvalue weighted by Gasteiger charge is -2.33. The molecule has 9 nitrogen and oxygen atoms in total. The molecule has 1 aliphatic rings. The van der Waals surface area contributed by atoms with Gasteiger partial charge >= 0.3 is 0 Å². The molecule has 5 rings (SSSR count). The Morgan fingerprint density at radius 1 is 1.30 bits per heavy atom. The van der Waals surface area contributed by atoms with Gasteiger partial charge < -0.3 is 9.88 Å². The lowest BCUT2D eigenvalue weighted by atomic mass is 9.99. The first kappa shape index (κ1) is 18.4. The maximum absolute atomic E-state index is 13.3. The molecule has 30 heavy (non-hydrogen) atoms. The highest BCUT2D eigenvalue weighted by Gasteiger charge is 2.38. The monoisotopic (exact) mass is 412 g/mol. The number of hydrogen-bond donors (Lipinski definition) is 1. The number of nitrogens with one attached hydrogen (secondary N) is 1. The second kappa shape index (κ2) is 6.71. The zero-order valence-electron chi connectivity index (χ0n) is 16.3. The van der Waals surface area contributed by atoms with Gasteiger partial charge in [0.05, 0.1) is 23.2 Å². The maximum atomic E-state index is 13.3. The fourth-order valence-electron chi connectivity index (χ4n) is 3.91. The van der Waals surface area contributed by atoms with Crippen LogP contribution in [0.1, 0.15) is 51.7 Å². The normalized spacial score (nSPS) is 16.4. The molecule has 1 atom stereocenters. The molecular weight excluding hydrogens is 394 g/mol. The molecule has 5 heterocycles. The number of aromatic amines is 1. The molecule has 0 spiro atoms. The second-order valence-electron chi connectivity index (χ2n) is 7.21. The molecule has 0 aliphatic carbocycles. The summed E-state index contributed by atoms with van der Waals surface area (Å²) < 4.78 is 29.0. The summed E-state index contributed by atoms with van der Waals surface area (Å²) in [5, 5.41) is 8.37. The van der Waals surface area contributed by atoms with Crippen LogP contribution in [0.15, 0.2) is 30.6 Å². The van der Waals surface area contributed by atoms with Crippen molar-refractivity contribution in [2.45, 2.75) is 25.8 Å². The number of alkyl halides is 2. The molecule has 0 radical (unpaired) electrons. The van der Waals surface area contributed by atoms with Gasteiger partial charge in [-0.2, -0.15) is 5.10 Å². The third-order valence-corrected chi connectivity index (χ3v) is 5.33. The first-order chi connectivity index (χ1) is 14.4. The van der Waals surface area contributed by atoms with Gasteiger partial charge in [-0.1, -0.05) is 6.07 Å². The maximum Gasteiger partial charge on any atom is 0.299 e. The Balaban J connectivity index is 1.62. The Morgan fingerprint density at radius 2 is 2.13 bits per heavy atom. The van der Waals surface area contributed by atoms with Crippen molar-refractivity contribution in [1.82, 2.24) is 39.2 Å². The van der Waals surface area contributed by atoms with Gasteiger partial charge in [0.1, 0.15) is 6.04 Å². The number of rotatable bonds is 3. The molecule has 1 unspecified atom stereocenters. The number of hydrogen-bond acceptors (Lipinski definition) is 5. The summed E-state index contributed by atoms with van der Waals surface area (Å²) in [4.78, 5) is 26.2. The van der Waals surface area contributed by atoms with E-state index in [1.807, 2.05) is 31.2 Å². The molecule has 0 bridgehead atoms. The molecule has 154 valence electrons. The first-order valence-corrected chi connectivity index (χ1v) is 9.41. The zero-order chi connectivity index (χ0) is 21.0. The van der Waals surface area contributed by atoms with Crippen molar-refractivity contribution in [3.8, 4) is 0 Å². The van der Waals surface area contributed by atoms with Gasteiger partial charge in [-0.05, 0) is 25.1 Å². The van der Waals surface area contributed by atoms with Crippen LogP contribution in [0.4, 0.5) is 8.78 Å². The molecule has 0 fully saturated rings. The lowest BCUT2D eigenvalue weighted by molar-refractivity contribution is 0.0669. The van der Waals surface area contributed by atoms with E-state index in [-0.39, 0.29) is 5.82 Å². The van der Waals surface area contributed by atoms with Crippen molar-refractivity contribution in [2.75, 3.05) is 6.54 Å². The van der Waals surface area contributed by atoms with Crippen LogP contribution in [0.25, 0.3) is 5.52 Å². The lowest BCUT2D eigenvalue weighted by Crippen LogP contribution is -2.42. The fraction of sp³-hybridized carbons (Fsp3) is 0.316. The fourth-order valence-corrected chi connectivity index (χ4v) is 3.91. The van der Waals surface area contributed by atoms with Gasteiger partial charge in [-0.3, -0.25) is 4.79 Å². The van der Waals surface area contributed by atoms with E-state index in [0.29, 0.717) is 24.4 Å². The highest BCUT2D eigenvalue weighted by molar-refractivity contribution is 5.91. The Bertz CT molecular complexity index is 1260. The number of aryl methyl sites for hydroxylation is 2. The van der Waals surface area contributed by atoms with Crippen molar-refractivity contribution in [1.29, 1.82) is 0 Å². The number of H-pyrrole nitrogens is 1. The van der Waals surface area contributed by atoms with Gasteiger partial charge in [0, 0.05) is 31.4 Å². The minimum atomic E-state index is -2.85. The van der Waals surface area contributed by atoms with Crippen LogP contribution >= 0.6 is 0 Å². The van der Waals surface area contributed by atoms with Crippen molar-refractivity contribution in [3.05, 3.63) is 65.0 Å². The summed E-state index contributed by atoms with van der Waals surface area (Å²) >= 11 is 0. The predicted molar refractivity (Wildman–Crippen MR) is 101 cm³/mol. The minimum absolute atomic E-state index is 0.144. The Kier molecular flexibility index (Phi) is 4.12. The smallest absolute Gasteiger partial charge is 0.299 e. The molecule has 0 saturated heterocycles. The third-order valence-electron chi connectivity index (χ3n) is 5.33. The van der Waals surface area contributed by atoms with Crippen LogP contribution in [0.3, 0.4) is 0 Å². The Morgan fingerprint density at radius 3 is 2.87 bits per heavy atom. The molecule has 11 heteroatoms. The zero-order valence-corrected chi connectivity index (χ0v) is 16.3. The quantitative estimate of drug-likeness (QED) is 0.557. The summed E-state index contributed by atoms with van der Waals surface area (Å²) in [6, 6.07) is 7.15. The Hall–Kier alpha value is -3.63. The van der Waals surface area contributed by atoms with E-state index in [1.54, 1.807) is 15.7 Å². The van der Waals surface area contributed by atoms with Crippen LogP contribution in [-0.4, -0.2) is 51.7 Å². The standard InChI is InChI=1S/C19H18F2N8O/c1-10-4-3-5-11-8-13(25-29(10)11)15-14-12(22-9-23-14)6-7-28(15)19(30)18-24-17(16(20)21)26-27(18)2/h3-5,8-9,15-16H,6-7H2,1-2H3,(H,22,23). The average molecular weight is 412 g/mol. The SMILES string of the molecule is Cc1cccc2cc(C3c4nc[nH]c4CCN3C(=O)c3nc(C(F)F)nn3C)nn12. The van der Waals surface area contributed by atoms with E-state index in [0.717, 1.165) is 21.6 Å². The van der Waals surface area contributed by atoms with Gasteiger partial charge in [0.25, 0.3) is 12.3 Å². The van der Waals surface area contributed by atoms with Crippen LogP contribution in [0, 0.1) is 6.92 Å². The summed E-state index contributed by atoms with van der Waals surface area (Å²) in [7, 11) is 1.43. The molecule has 1 amide bonds. The topological polar surface area (TPSA) is 97.0 Å². The number of amides is 1. The highest BCUT2D eigenvalue weighted by Crippen LogP contribution is 2.34. The van der Waals surface area contributed by atoms with Gasteiger partial charge in [0.15, 0.2) is 0 Å². The summed E-state index contributed by atoms with van der Waals surface area (Å²) in [5.41, 5.74) is 4.08. The highest BCUT2D eigenvalue weighted by atomic mass is 19.3. The molecule has 0 saturated carbocycles. The van der Waals surface area contributed by atoms with Gasteiger partial charge in [0.2, 0.25) is 11.6 Å². The van der Waals surface area contributed by atoms with E-state index < -0.39 is 24.2 Å². The van der Waals surface area contributed by atoms with Crippen LogP contribution in [0.5, 0.6) is 0 Å². The molecule has 1 N–H and O–H groups in total. The number of pyridine rings is 1. The van der Waals surface area contributed by atoms with Crippen molar-refractivity contribution in [2.24, 2.45) is 7.05 Å². The van der Waals surface area contributed by atoms with Gasteiger partial charge in [-0.15, -0.1) is 5.10 Å². The van der Waals surface area contributed by atoms with Crippen LogP contribution in [0.2, 0.25) is 0 Å². The third kappa shape index (κ3) is 2.77. The minimum Gasteiger partial charge on any atom is -0.348 e. The number of aromatic nitrogens is 7. The van der Waals surface area contributed by atoms with E-state index in [2.05, 4.69) is 20.1 Å². The van der Waals surface area contributed by atoms with Crippen LogP contribution in [-0.2, 0) is 13.5 Å². The van der Waals surface area contributed by atoms with Crippen molar-refractivity contribution in [3.63, 3.8) is 0 Å². The van der Waals surface area contributed by atoms with Crippen LogP contribution < -0.4 is 0 Å². The molecule has 0 aromatic carbocycles. The molecular formula is C19H18F2N8O. The number of halogens is 2. The Labute approximate surface area is 169 Å². The molecule has 4 aromatic rings. The van der Waals surface area contributed by atoms with Crippen molar-refractivity contribution < 1.29 is 13.6 Å². The van der Waals surface area contributed by atoms with E-state index in [1.165, 1.54) is 7.05 Å².